The first-order valence-corrected chi connectivity index (χ1v) is 7.18. The molecule has 1 unspecified atom stereocenters. The van der Waals surface area contributed by atoms with Crippen LogP contribution in [0.3, 0.4) is 0 Å². The van der Waals surface area contributed by atoms with E-state index in [2.05, 4.69) is 10.6 Å². The fourth-order valence-electron chi connectivity index (χ4n) is 2.32. The van der Waals surface area contributed by atoms with E-state index in [1.165, 1.54) is 0 Å². The number of amides is 4. The van der Waals surface area contributed by atoms with Crippen molar-refractivity contribution in [2.75, 3.05) is 5.75 Å². The van der Waals surface area contributed by atoms with Gasteiger partial charge in [-0.15, -0.1) is 0 Å². The van der Waals surface area contributed by atoms with Crippen LogP contribution in [0.1, 0.15) is 34.1 Å². The number of thioether (sulfide) groups is 1. The zero-order valence-electron chi connectivity index (χ0n) is 11.2. The highest BCUT2D eigenvalue weighted by Crippen LogP contribution is 2.39. The Kier molecular flexibility index (Phi) is 4.78. The minimum absolute atomic E-state index is 0.169. The number of hydrogen-bond acceptors (Lipinski definition) is 4. The third-order valence-electron chi connectivity index (χ3n) is 3.11. The fourth-order valence-corrected chi connectivity index (χ4v) is 3.42. The van der Waals surface area contributed by atoms with Crippen molar-refractivity contribution in [3.8, 4) is 0 Å². The summed E-state index contributed by atoms with van der Waals surface area (Å²) in [7, 11) is 0. The van der Waals surface area contributed by atoms with E-state index in [-0.39, 0.29) is 11.2 Å². The van der Waals surface area contributed by atoms with Gasteiger partial charge in [-0.2, -0.15) is 11.8 Å². The Morgan fingerprint density at radius 2 is 1.61 bits per heavy atom. The fraction of sp³-hybridized carbons (Fsp3) is 0.750. The summed E-state index contributed by atoms with van der Waals surface area (Å²) >= 11 is 1.55. The maximum Gasteiger partial charge on any atom is 0.328 e. The predicted octanol–water partition coefficient (Wildman–Crippen LogP) is 1.53. The molecule has 0 saturated carbocycles. The molecule has 5 nitrogen and oxygen atoms in total. The number of carbonyl (C=O) groups is 3. The summed E-state index contributed by atoms with van der Waals surface area (Å²) in [5, 5.41) is 4.28. The minimum Gasteiger partial charge on any atom is -0.277 e. The number of imide groups is 2. The smallest absolute Gasteiger partial charge is 0.277 e. The van der Waals surface area contributed by atoms with E-state index in [1.807, 2.05) is 27.7 Å². The highest BCUT2D eigenvalue weighted by Gasteiger charge is 2.54. The van der Waals surface area contributed by atoms with E-state index in [1.54, 1.807) is 11.8 Å². The van der Waals surface area contributed by atoms with Crippen molar-refractivity contribution in [1.82, 2.24) is 10.6 Å². The lowest BCUT2D eigenvalue weighted by Gasteiger charge is -2.39. The number of carbonyl (C=O) groups excluding carboxylic acids is 3. The van der Waals surface area contributed by atoms with Gasteiger partial charge in [-0.05, 0) is 18.1 Å². The molecule has 18 heavy (non-hydrogen) atoms. The highest BCUT2D eigenvalue weighted by atomic mass is 32.2. The molecule has 1 aliphatic heterocycles. The minimum atomic E-state index is -1.15. The molecule has 0 aromatic carbocycles. The van der Waals surface area contributed by atoms with Crippen LogP contribution in [0.5, 0.6) is 0 Å². The van der Waals surface area contributed by atoms with Crippen molar-refractivity contribution in [3.05, 3.63) is 0 Å². The molecule has 0 radical (unpaired) electrons. The second-order valence-corrected chi connectivity index (χ2v) is 6.52. The number of barbiturate groups is 1. The van der Waals surface area contributed by atoms with Gasteiger partial charge in [0.2, 0.25) is 11.8 Å². The van der Waals surface area contributed by atoms with Crippen LogP contribution in [0.2, 0.25) is 0 Å². The first-order chi connectivity index (χ1) is 8.34. The van der Waals surface area contributed by atoms with E-state index < -0.39 is 23.3 Å². The number of hydrogen-bond donors (Lipinski definition) is 2. The lowest BCUT2D eigenvalue weighted by molar-refractivity contribution is -0.145. The van der Waals surface area contributed by atoms with Gasteiger partial charge in [-0.25, -0.2) is 4.79 Å². The van der Waals surface area contributed by atoms with Crippen molar-refractivity contribution in [3.63, 3.8) is 0 Å². The summed E-state index contributed by atoms with van der Waals surface area (Å²) in [6.45, 7) is 7.77. The Balaban J connectivity index is 3.13. The molecular formula is C12H20N2O3S. The first kappa shape index (κ1) is 15.0. The molecule has 0 spiro atoms. The first-order valence-electron chi connectivity index (χ1n) is 6.13. The van der Waals surface area contributed by atoms with Crippen molar-refractivity contribution in [2.45, 2.75) is 39.4 Å². The van der Waals surface area contributed by atoms with Gasteiger partial charge in [0.15, 0.2) is 0 Å². The topological polar surface area (TPSA) is 75.3 Å². The van der Waals surface area contributed by atoms with E-state index in [0.717, 1.165) is 5.75 Å². The van der Waals surface area contributed by atoms with Crippen molar-refractivity contribution >= 4 is 29.6 Å². The van der Waals surface area contributed by atoms with Crippen LogP contribution in [0, 0.1) is 11.3 Å². The van der Waals surface area contributed by atoms with Gasteiger partial charge in [0, 0.05) is 5.25 Å². The molecule has 1 rings (SSSR count). The van der Waals surface area contributed by atoms with Gasteiger partial charge >= 0.3 is 6.03 Å². The second-order valence-electron chi connectivity index (χ2n) is 4.90. The molecule has 102 valence electrons. The van der Waals surface area contributed by atoms with E-state index >= 15 is 0 Å². The summed E-state index contributed by atoms with van der Waals surface area (Å²) in [6, 6.07) is -0.724. The third-order valence-corrected chi connectivity index (χ3v) is 4.34. The molecule has 6 heteroatoms. The molecule has 1 fully saturated rings. The Hall–Kier alpha value is -1.04. The van der Waals surface area contributed by atoms with Crippen molar-refractivity contribution in [2.24, 2.45) is 11.3 Å². The van der Waals surface area contributed by atoms with E-state index in [0.29, 0.717) is 6.42 Å². The predicted molar refractivity (Wildman–Crippen MR) is 71.2 cm³/mol. The molecule has 2 N–H and O–H groups in total. The Morgan fingerprint density at radius 3 is 2.00 bits per heavy atom. The number of urea groups is 1. The lowest BCUT2D eigenvalue weighted by atomic mass is 9.75. The molecule has 1 heterocycles. The summed E-state index contributed by atoms with van der Waals surface area (Å²) in [5.41, 5.74) is -1.15. The SMILES string of the molecule is CCSC(C)C1(CC(C)C)C(=O)NC(=O)NC1=O. The average Bonchev–Trinajstić information content (AvgIpc) is 2.23. The van der Waals surface area contributed by atoms with Crippen LogP contribution in [0.25, 0.3) is 0 Å². The summed E-state index contributed by atoms with van der Waals surface area (Å²) < 4.78 is 0. The molecule has 0 aliphatic carbocycles. The Labute approximate surface area is 111 Å². The van der Waals surface area contributed by atoms with Crippen LogP contribution >= 0.6 is 11.8 Å². The van der Waals surface area contributed by atoms with Crippen LogP contribution in [-0.2, 0) is 9.59 Å². The molecule has 1 aliphatic rings. The third kappa shape index (κ3) is 2.68. The van der Waals surface area contributed by atoms with E-state index in [4.69, 9.17) is 0 Å². The molecule has 0 aromatic rings. The normalized spacial score (nSPS) is 20.6. The molecule has 1 atom stereocenters. The zero-order valence-corrected chi connectivity index (χ0v) is 12.0. The Bertz CT molecular complexity index is 348. The monoisotopic (exact) mass is 272 g/mol. The number of nitrogens with one attached hydrogen (secondary N) is 2. The molecule has 4 amide bonds. The molecule has 0 aromatic heterocycles. The number of rotatable bonds is 5. The van der Waals surface area contributed by atoms with E-state index in [9.17, 15) is 14.4 Å². The van der Waals surface area contributed by atoms with Gasteiger partial charge in [-0.1, -0.05) is 27.7 Å². The summed E-state index contributed by atoms with van der Waals surface area (Å²) in [6.07, 6.45) is 0.437. The van der Waals surface area contributed by atoms with Crippen LogP contribution in [-0.4, -0.2) is 28.8 Å². The van der Waals surface area contributed by atoms with Gasteiger partial charge in [0.1, 0.15) is 5.41 Å². The van der Waals surface area contributed by atoms with Gasteiger partial charge in [-0.3, -0.25) is 20.2 Å². The molecule has 1 saturated heterocycles. The summed E-state index contributed by atoms with van der Waals surface area (Å²) in [5.74, 6) is 0.0570. The second kappa shape index (κ2) is 5.73. The van der Waals surface area contributed by atoms with Crippen LogP contribution < -0.4 is 10.6 Å². The van der Waals surface area contributed by atoms with Gasteiger partial charge in [0.05, 0.1) is 0 Å². The molecular weight excluding hydrogens is 252 g/mol. The van der Waals surface area contributed by atoms with Gasteiger partial charge < -0.3 is 0 Å². The largest absolute Gasteiger partial charge is 0.328 e. The van der Waals surface area contributed by atoms with Crippen LogP contribution in [0.15, 0.2) is 0 Å². The van der Waals surface area contributed by atoms with Crippen molar-refractivity contribution in [1.29, 1.82) is 0 Å². The van der Waals surface area contributed by atoms with Crippen LogP contribution in [0.4, 0.5) is 4.79 Å². The zero-order chi connectivity index (χ0) is 13.9. The Morgan fingerprint density at radius 1 is 1.11 bits per heavy atom. The highest BCUT2D eigenvalue weighted by molar-refractivity contribution is 7.99. The van der Waals surface area contributed by atoms with Gasteiger partial charge in [0.25, 0.3) is 0 Å². The maximum absolute atomic E-state index is 12.2. The average molecular weight is 272 g/mol. The molecule has 0 bridgehead atoms. The lowest BCUT2D eigenvalue weighted by Crippen LogP contribution is -2.65. The standard InChI is InChI=1S/C12H20N2O3S/c1-5-18-8(4)12(6-7(2)3)9(15)13-11(17)14-10(12)16/h7-8H,5-6H2,1-4H3,(H2,13,14,15,16,17). The quantitative estimate of drug-likeness (QED) is 0.744. The summed E-state index contributed by atoms with van der Waals surface area (Å²) in [4.78, 5) is 35.5. The maximum atomic E-state index is 12.2. The van der Waals surface area contributed by atoms with Crippen molar-refractivity contribution < 1.29 is 14.4 Å².